The highest BCUT2D eigenvalue weighted by Gasteiger charge is 2.92. The van der Waals surface area contributed by atoms with Crippen molar-refractivity contribution in [2.24, 2.45) is 0 Å². The van der Waals surface area contributed by atoms with Gasteiger partial charge in [0.05, 0.1) is 59.5 Å². The second-order valence-corrected chi connectivity index (χ2v) is 9.46. The fourth-order valence-corrected chi connectivity index (χ4v) is 3.95. The number of aliphatic hydroxyl groups excluding tert-OH is 1. The number of likely N-dealkylation sites (N-methyl/N-ethyl adjacent to an activating group) is 1. The van der Waals surface area contributed by atoms with Crippen LogP contribution in [0.25, 0.3) is 0 Å². The number of nitrogens with zero attached hydrogens (tertiary/aromatic N) is 1. The van der Waals surface area contributed by atoms with E-state index in [2.05, 4.69) is 0 Å². The van der Waals surface area contributed by atoms with Crippen LogP contribution in [-0.2, 0) is 29.0 Å². The molecule has 0 aliphatic heterocycles. The van der Waals surface area contributed by atoms with Crippen molar-refractivity contribution in [2.45, 2.75) is 42.0 Å². The van der Waals surface area contributed by atoms with Crippen molar-refractivity contribution in [1.29, 1.82) is 0 Å². The minimum Gasteiger partial charge on any atom is -0.394 e. The summed E-state index contributed by atoms with van der Waals surface area (Å²) in [5, 5.41) is 1.19. The van der Waals surface area contributed by atoms with Crippen molar-refractivity contribution >= 4 is 10.0 Å². The van der Waals surface area contributed by atoms with Crippen LogP contribution in [0.5, 0.6) is 0 Å². The molecule has 0 fully saturated rings. The summed E-state index contributed by atoms with van der Waals surface area (Å²) in [6.45, 7) is -2.84. The van der Waals surface area contributed by atoms with E-state index in [-0.39, 0.29) is 52.9 Å². The molecule has 0 amide bonds. The molecule has 22 heteroatoms. The topological polar surface area (TPSA) is 94.5 Å². The molecular formula is C18H26F13NO7S. The Kier molecular flexibility index (Phi) is 14.4. The molecule has 0 heterocycles. The molecule has 0 aliphatic rings. The maximum Gasteiger partial charge on any atom is 0.460 e. The highest BCUT2D eigenvalue weighted by Crippen LogP contribution is 2.61. The Morgan fingerprint density at radius 2 is 0.925 bits per heavy atom. The minimum absolute atomic E-state index is 0.00631. The van der Waals surface area contributed by atoms with Gasteiger partial charge >= 0.3 is 35.1 Å². The number of alkyl halides is 13. The summed E-state index contributed by atoms with van der Waals surface area (Å²) in [6.07, 6.45) is -7.61. The molecular weight excluding hydrogens is 621 g/mol. The van der Waals surface area contributed by atoms with Gasteiger partial charge in [0.25, 0.3) is 10.0 Å². The molecule has 1 N–H and O–H groups in total. The van der Waals surface area contributed by atoms with E-state index in [0.29, 0.717) is 6.92 Å². The first kappa shape index (κ1) is 38.8. The number of sulfonamides is 1. The maximum absolute atomic E-state index is 14.2. The van der Waals surface area contributed by atoms with Crippen molar-refractivity contribution in [2.75, 3.05) is 72.6 Å². The van der Waals surface area contributed by atoms with Gasteiger partial charge in [-0.3, -0.25) is 0 Å². The normalized spacial score (nSPS) is 14.8. The Labute approximate surface area is 219 Å². The zero-order valence-electron chi connectivity index (χ0n) is 20.4. The summed E-state index contributed by atoms with van der Waals surface area (Å²) < 4.78 is 216. The fraction of sp³-hybridized carbons (Fsp3) is 1.00. The number of ether oxygens (including phenoxy) is 4. The SMILES string of the molecule is CCN(CCOCCOCCOCCOCCO)S(=O)(=O)C(F)(F)C(F)(F)C(F)(F)C(F)(F)C(F)(F)C(F)(F)F. The van der Waals surface area contributed by atoms with Crippen LogP contribution in [0, 0.1) is 0 Å². The molecule has 0 atom stereocenters. The Morgan fingerprint density at radius 1 is 0.575 bits per heavy atom. The Morgan fingerprint density at radius 3 is 1.27 bits per heavy atom. The molecule has 0 saturated carbocycles. The molecule has 0 rings (SSSR count). The van der Waals surface area contributed by atoms with E-state index < -0.39 is 69.1 Å². The van der Waals surface area contributed by atoms with Crippen LogP contribution in [0.2, 0.25) is 0 Å². The molecule has 0 aromatic rings. The highest BCUT2D eigenvalue weighted by molar-refractivity contribution is 7.90. The van der Waals surface area contributed by atoms with Crippen molar-refractivity contribution < 1.29 is 89.5 Å². The van der Waals surface area contributed by atoms with Crippen molar-refractivity contribution in [1.82, 2.24) is 4.31 Å². The lowest BCUT2D eigenvalue weighted by molar-refractivity contribution is -0.433. The largest absolute Gasteiger partial charge is 0.460 e. The van der Waals surface area contributed by atoms with E-state index in [1.165, 1.54) is 0 Å². The van der Waals surface area contributed by atoms with Crippen LogP contribution in [0.4, 0.5) is 57.1 Å². The van der Waals surface area contributed by atoms with Gasteiger partial charge in [-0.2, -0.15) is 61.4 Å². The smallest absolute Gasteiger partial charge is 0.394 e. The van der Waals surface area contributed by atoms with E-state index in [0.717, 1.165) is 0 Å². The predicted molar refractivity (Wildman–Crippen MR) is 107 cm³/mol. The molecule has 0 bridgehead atoms. The summed E-state index contributed by atoms with van der Waals surface area (Å²) in [6, 6.07) is 0. The first-order valence-electron chi connectivity index (χ1n) is 10.9. The molecule has 242 valence electrons. The monoisotopic (exact) mass is 647 g/mol. The van der Waals surface area contributed by atoms with Crippen molar-refractivity contribution in [3.05, 3.63) is 0 Å². The lowest BCUT2D eigenvalue weighted by Gasteiger charge is -2.40. The summed E-state index contributed by atoms with van der Waals surface area (Å²) in [5.41, 5.74) is 0. The van der Waals surface area contributed by atoms with Gasteiger partial charge < -0.3 is 24.1 Å². The zero-order chi connectivity index (χ0) is 31.7. The van der Waals surface area contributed by atoms with Crippen LogP contribution >= 0.6 is 0 Å². The average molecular weight is 647 g/mol. The van der Waals surface area contributed by atoms with Gasteiger partial charge in [-0.15, -0.1) is 0 Å². The van der Waals surface area contributed by atoms with E-state index in [4.69, 9.17) is 24.1 Å². The van der Waals surface area contributed by atoms with Gasteiger partial charge in [0.15, 0.2) is 0 Å². The van der Waals surface area contributed by atoms with Gasteiger partial charge in [0.1, 0.15) is 0 Å². The number of hydrogen-bond acceptors (Lipinski definition) is 7. The quantitative estimate of drug-likeness (QED) is 0.151. The Balaban J connectivity index is 5.22. The summed E-state index contributed by atoms with van der Waals surface area (Å²) in [4.78, 5) is 0. The number of halogens is 13. The maximum atomic E-state index is 14.2. The molecule has 0 aromatic carbocycles. The minimum atomic E-state index is -8.22. The molecule has 0 spiro atoms. The fourth-order valence-electron chi connectivity index (χ4n) is 2.52. The van der Waals surface area contributed by atoms with Crippen LogP contribution in [0.15, 0.2) is 0 Å². The molecule has 0 saturated heterocycles. The summed E-state index contributed by atoms with van der Waals surface area (Å²) >= 11 is 0. The Hall–Kier alpha value is -1.20. The van der Waals surface area contributed by atoms with Crippen LogP contribution in [0.1, 0.15) is 6.92 Å². The molecule has 40 heavy (non-hydrogen) atoms. The van der Waals surface area contributed by atoms with E-state index in [1.807, 2.05) is 0 Å². The average Bonchev–Trinajstić information content (AvgIpc) is 2.82. The van der Waals surface area contributed by atoms with Crippen LogP contribution in [0.3, 0.4) is 0 Å². The zero-order valence-corrected chi connectivity index (χ0v) is 21.3. The summed E-state index contributed by atoms with van der Waals surface area (Å²) in [5.74, 6) is -32.4. The first-order valence-corrected chi connectivity index (χ1v) is 12.3. The van der Waals surface area contributed by atoms with Gasteiger partial charge in [0.2, 0.25) is 0 Å². The summed E-state index contributed by atoms with van der Waals surface area (Å²) in [7, 11) is -7.09. The van der Waals surface area contributed by atoms with E-state index >= 15 is 0 Å². The lowest BCUT2D eigenvalue weighted by Crippen LogP contribution is -2.71. The van der Waals surface area contributed by atoms with Gasteiger partial charge in [-0.1, -0.05) is 6.92 Å². The molecule has 0 radical (unpaired) electrons. The number of aliphatic hydroxyl groups is 1. The van der Waals surface area contributed by atoms with Crippen molar-refractivity contribution in [3.8, 4) is 0 Å². The van der Waals surface area contributed by atoms with Gasteiger partial charge in [-0.05, 0) is 0 Å². The second-order valence-electron chi connectivity index (χ2n) is 7.48. The molecule has 0 aromatic heterocycles. The third-order valence-electron chi connectivity index (χ3n) is 4.76. The molecule has 0 aliphatic carbocycles. The number of rotatable bonds is 21. The third kappa shape index (κ3) is 8.21. The third-order valence-corrected chi connectivity index (χ3v) is 6.78. The van der Waals surface area contributed by atoms with E-state index in [9.17, 15) is 65.5 Å². The van der Waals surface area contributed by atoms with Gasteiger partial charge in [0, 0.05) is 13.1 Å². The molecule has 8 nitrogen and oxygen atoms in total. The Bertz CT molecular complexity index is 858. The number of hydrogen-bond donors (Lipinski definition) is 1. The van der Waals surface area contributed by atoms with Gasteiger partial charge in [-0.25, -0.2) is 8.42 Å². The second kappa shape index (κ2) is 14.8. The van der Waals surface area contributed by atoms with Crippen LogP contribution in [-0.4, -0.2) is 126 Å². The molecule has 0 unspecified atom stereocenters. The standard InChI is InChI=1S/C18H26F13NO7S/c1-2-32(3-5-36-7-9-38-11-12-39-10-8-37-6-4-33)40(34,35)18(30,31)16(25,26)14(21,22)13(19,20)15(23,24)17(27,28)29/h33H,2-12H2,1H3. The van der Waals surface area contributed by atoms with E-state index in [1.54, 1.807) is 0 Å². The van der Waals surface area contributed by atoms with Crippen molar-refractivity contribution in [3.63, 3.8) is 0 Å². The lowest BCUT2D eigenvalue weighted by atomic mass is 9.98. The first-order chi connectivity index (χ1) is 18.0. The highest BCUT2D eigenvalue weighted by atomic mass is 32.2. The van der Waals surface area contributed by atoms with Crippen LogP contribution < -0.4 is 0 Å². The predicted octanol–water partition coefficient (Wildman–Crippen LogP) is 3.39.